The number of rotatable bonds is 9. The molecule has 2 aromatic carbocycles. The first-order chi connectivity index (χ1) is 18.3. The Morgan fingerprint density at radius 1 is 1.11 bits per heavy atom. The number of benzene rings is 2. The lowest BCUT2D eigenvalue weighted by molar-refractivity contribution is 0.213. The molecule has 1 aliphatic rings. The molecule has 0 unspecified atom stereocenters. The van der Waals surface area contributed by atoms with E-state index in [0.717, 1.165) is 31.0 Å². The molecule has 3 N–H and O–H groups in total. The summed E-state index contributed by atoms with van der Waals surface area (Å²) in [7, 11) is 1.62. The minimum absolute atomic E-state index is 0.100. The monoisotopic (exact) mass is 516 g/mol. The summed E-state index contributed by atoms with van der Waals surface area (Å²) < 4.78 is 23.4. The number of methoxy groups -OCH3 is 1. The smallest absolute Gasteiger partial charge is 0.230 e. The molecule has 1 fully saturated rings. The van der Waals surface area contributed by atoms with Gasteiger partial charge in [0.05, 0.1) is 18.0 Å². The van der Waals surface area contributed by atoms with Crippen LogP contribution >= 0.6 is 0 Å². The minimum atomic E-state index is -0.134. The quantitative estimate of drug-likeness (QED) is 0.265. The van der Waals surface area contributed by atoms with Crippen molar-refractivity contribution in [1.82, 2.24) is 20.4 Å². The number of aromatic nitrogens is 3. The van der Waals surface area contributed by atoms with E-state index >= 15 is 0 Å². The van der Waals surface area contributed by atoms with Crippen LogP contribution in [0.15, 0.2) is 65.7 Å². The van der Waals surface area contributed by atoms with Crippen molar-refractivity contribution < 1.29 is 18.7 Å². The van der Waals surface area contributed by atoms with Gasteiger partial charge >= 0.3 is 0 Å². The standard InChI is InChI=1S/C28H32N6O4/c1-17(33-26-14-25(38-34-26)28(2,3)4)32-18-7-6-8-19(11-18)37-27-21-12-23(35-5)24(13-22(21)30-16-31-27)36-20-9-10-29-15-20/h6-8,11-14,16,20,29,32H,1,9-10,15H2,2-5H3,(H,33,34)/t20-/m1/s1. The Kier molecular flexibility index (Phi) is 7.06. The highest BCUT2D eigenvalue weighted by atomic mass is 16.5. The van der Waals surface area contributed by atoms with Crippen molar-refractivity contribution in [2.75, 3.05) is 30.8 Å². The number of hydrogen-bond acceptors (Lipinski definition) is 10. The molecule has 0 bridgehead atoms. The second-order valence-electron chi connectivity index (χ2n) is 10.1. The van der Waals surface area contributed by atoms with Crippen molar-refractivity contribution in [3.63, 3.8) is 0 Å². The van der Waals surface area contributed by atoms with E-state index in [-0.39, 0.29) is 11.5 Å². The van der Waals surface area contributed by atoms with Crippen molar-refractivity contribution >= 4 is 22.4 Å². The number of anilines is 2. The fourth-order valence-electron chi connectivity index (χ4n) is 4.08. The molecule has 0 radical (unpaired) electrons. The van der Waals surface area contributed by atoms with Crippen molar-refractivity contribution in [2.45, 2.75) is 38.7 Å². The SMILES string of the molecule is C=C(Nc1cccc(Oc2ncnc3cc(O[C@@H]4CCNC4)c(OC)cc23)c1)Nc1cc(C(C)(C)C)on1. The molecule has 1 aliphatic heterocycles. The maximum atomic E-state index is 6.17. The zero-order chi connectivity index (χ0) is 26.7. The van der Waals surface area contributed by atoms with Crippen molar-refractivity contribution in [3.05, 3.63) is 67.0 Å². The summed E-state index contributed by atoms with van der Waals surface area (Å²) in [4.78, 5) is 8.79. The molecule has 0 amide bonds. The molecular formula is C28H32N6O4. The second kappa shape index (κ2) is 10.6. The molecular weight excluding hydrogens is 484 g/mol. The topological polar surface area (TPSA) is 116 Å². The van der Waals surface area contributed by atoms with Gasteiger partial charge < -0.3 is 34.7 Å². The molecule has 1 atom stereocenters. The molecule has 5 rings (SSSR count). The first-order valence-corrected chi connectivity index (χ1v) is 12.5. The second-order valence-corrected chi connectivity index (χ2v) is 10.1. The summed E-state index contributed by atoms with van der Waals surface area (Å²) in [6.45, 7) is 12.0. The van der Waals surface area contributed by atoms with Crippen LogP contribution in [0.4, 0.5) is 11.5 Å². The highest BCUT2D eigenvalue weighted by Crippen LogP contribution is 2.37. The Morgan fingerprint density at radius 2 is 1.97 bits per heavy atom. The summed E-state index contributed by atoms with van der Waals surface area (Å²) in [5, 5.41) is 14.4. The summed E-state index contributed by atoms with van der Waals surface area (Å²) in [6.07, 6.45) is 2.52. The molecule has 10 heteroatoms. The summed E-state index contributed by atoms with van der Waals surface area (Å²) in [6, 6.07) is 13.1. The third kappa shape index (κ3) is 5.81. The highest BCUT2D eigenvalue weighted by Gasteiger charge is 2.21. The average Bonchev–Trinajstić information content (AvgIpc) is 3.56. The van der Waals surface area contributed by atoms with E-state index in [1.165, 1.54) is 6.33 Å². The minimum Gasteiger partial charge on any atom is -0.493 e. The van der Waals surface area contributed by atoms with Crippen LogP contribution in [0.3, 0.4) is 0 Å². The van der Waals surface area contributed by atoms with Crippen LogP contribution < -0.4 is 30.2 Å². The lowest BCUT2D eigenvalue weighted by atomic mass is 9.93. The van der Waals surface area contributed by atoms with Crippen LogP contribution in [0, 0.1) is 0 Å². The number of fused-ring (bicyclic) bond motifs is 1. The predicted octanol–water partition coefficient (Wildman–Crippen LogP) is 5.45. The highest BCUT2D eigenvalue weighted by molar-refractivity contribution is 5.87. The van der Waals surface area contributed by atoms with Gasteiger partial charge in [-0.1, -0.05) is 38.6 Å². The van der Waals surface area contributed by atoms with Gasteiger partial charge in [-0.25, -0.2) is 9.97 Å². The first kappa shape index (κ1) is 25.3. The van der Waals surface area contributed by atoms with Crippen LogP contribution in [0.25, 0.3) is 10.9 Å². The molecule has 10 nitrogen and oxygen atoms in total. The van der Waals surface area contributed by atoms with E-state index in [0.29, 0.717) is 45.7 Å². The van der Waals surface area contributed by atoms with Crippen LogP contribution in [0.1, 0.15) is 33.0 Å². The Morgan fingerprint density at radius 3 is 2.71 bits per heavy atom. The first-order valence-electron chi connectivity index (χ1n) is 12.5. The van der Waals surface area contributed by atoms with Gasteiger partial charge in [-0.15, -0.1) is 0 Å². The van der Waals surface area contributed by atoms with Gasteiger partial charge in [0.15, 0.2) is 17.3 Å². The van der Waals surface area contributed by atoms with Crippen LogP contribution in [0.5, 0.6) is 23.1 Å². The normalized spacial score (nSPS) is 15.3. The van der Waals surface area contributed by atoms with Gasteiger partial charge in [0, 0.05) is 35.8 Å². The zero-order valence-corrected chi connectivity index (χ0v) is 22.0. The summed E-state index contributed by atoms with van der Waals surface area (Å²) in [5.41, 5.74) is 1.34. The van der Waals surface area contributed by atoms with E-state index in [1.807, 2.05) is 42.5 Å². The van der Waals surface area contributed by atoms with Crippen LogP contribution in [0.2, 0.25) is 0 Å². The third-order valence-electron chi connectivity index (χ3n) is 6.07. The maximum Gasteiger partial charge on any atom is 0.230 e. The van der Waals surface area contributed by atoms with E-state index in [4.69, 9.17) is 18.7 Å². The van der Waals surface area contributed by atoms with E-state index < -0.39 is 0 Å². The molecule has 38 heavy (non-hydrogen) atoms. The fourth-order valence-corrected chi connectivity index (χ4v) is 4.08. The Bertz CT molecular complexity index is 1440. The van der Waals surface area contributed by atoms with Gasteiger partial charge in [-0.2, -0.15) is 0 Å². The van der Waals surface area contributed by atoms with E-state index in [9.17, 15) is 0 Å². The van der Waals surface area contributed by atoms with Crippen molar-refractivity contribution in [2.24, 2.45) is 0 Å². The molecule has 0 spiro atoms. The van der Waals surface area contributed by atoms with Crippen molar-refractivity contribution in [1.29, 1.82) is 0 Å². The van der Waals surface area contributed by atoms with Gasteiger partial charge in [0.1, 0.15) is 29.8 Å². The Hall–Kier alpha value is -4.31. The largest absolute Gasteiger partial charge is 0.493 e. The molecule has 0 aliphatic carbocycles. The number of ether oxygens (including phenoxy) is 3. The average molecular weight is 517 g/mol. The lowest BCUT2D eigenvalue weighted by Crippen LogP contribution is -2.19. The molecule has 4 aromatic rings. The van der Waals surface area contributed by atoms with Gasteiger partial charge in [0.25, 0.3) is 0 Å². The van der Waals surface area contributed by atoms with Crippen LogP contribution in [-0.2, 0) is 5.41 Å². The fraction of sp³-hybridized carbons (Fsp3) is 0.321. The number of nitrogens with zero attached hydrogens (tertiary/aromatic N) is 3. The Balaban J connectivity index is 1.31. The van der Waals surface area contributed by atoms with Gasteiger partial charge in [-0.05, 0) is 31.2 Å². The third-order valence-corrected chi connectivity index (χ3v) is 6.07. The van der Waals surface area contributed by atoms with Gasteiger partial charge in [-0.3, -0.25) is 0 Å². The molecule has 198 valence electrons. The number of nitrogens with one attached hydrogen (secondary N) is 3. The Labute approximate surface area is 221 Å². The molecule has 2 aromatic heterocycles. The number of hydrogen-bond donors (Lipinski definition) is 3. The van der Waals surface area contributed by atoms with Gasteiger partial charge in [0.2, 0.25) is 5.88 Å². The molecule has 3 heterocycles. The van der Waals surface area contributed by atoms with E-state index in [2.05, 4.69) is 58.4 Å². The van der Waals surface area contributed by atoms with E-state index in [1.54, 1.807) is 7.11 Å². The molecule has 0 saturated carbocycles. The molecule has 1 saturated heterocycles. The maximum absolute atomic E-state index is 6.17. The predicted molar refractivity (Wildman–Crippen MR) is 146 cm³/mol. The lowest BCUT2D eigenvalue weighted by Gasteiger charge is -2.17. The summed E-state index contributed by atoms with van der Waals surface area (Å²) in [5.74, 6) is 4.16. The van der Waals surface area contributed by atoms with Crippen molar-refractivity contribution in [3.8, 4) is 23.1 Å². The van der Waals surface area contributed by atoms with Crippen LogP contribution in [-0.4, -0.2) is 41.4 Å². The zero-order valence-electron chi connectivity index (χ0n) is 22.0. The summed E-state index contributed by atoms with van der Waals surface area (Å²) >= 11 is 0.